The van der Waals surface area contributed by atoms with Crippen molar-refractivity contribution in [3.63, 3.8) is 0 Å². The molecule has 104 valence electrons. The molecular formula is C15H22ClN2O+. The van der Waals surface area contributed by atoms with E-state index in [0.717, 1.165) is 17.8 Å². The van der Waals surface area contributed by atoms with E-state index in [1.54, 1.807) is 6.07 Å². The number of quaternary nitrogens is 1. The molecule has 0 radical (unpaired) electrons. The number of likely N-dealkylation sites (tertiary alicyclic amines) is 1. The molecule has 1 aliphatic rings. The largest absolute Gasteiger partial charge is 0.325 e. The van der Waals surface area contributed by atoms with Crippen molar-refractivity contribution in [2.75, 3.05) is 18.4 Å². The second-order valence-corrected chi connectivity index (χ2v) is 5.93. The van der Waals surface area contributed by atoms with Crippen LogP contribution in [0.1, 0.15) is 31.7 Å². The second kappa shape index (κ2) is 6.40. The van der Waals surface area contributed by atoms with Crippen molar-refractivity contribution in [1.29, 1.82) is 0 Å². The predicted octanol–water partition coefficient (Wildman–Crippen LogP) is 2.04. The molecular weight excluding hydrogens is 260 g/mol. The van der Waals surface area contributed by atoms with Gasteiger partial charge in [-0.25, -0.2) is 0 Å². The maximum atomic E-state index is 12.1. The lowest BCUT2D eigenvalue weighted by atomic mass is 10.0. The number of amides is 1. The topological polar surface area (TPSA) is 33.5 Å². The first-order chi connectivity index (χ1) is 9.06. The van der Waals surface area contributed by atoms with Gasteiger partial charge in [0.1, 0.15) is 0 Å². The summed E-state index contributed by atoms with van der Waals surface area (Å²) in [6.45, 7) is 5.85. The Balaban J connectivity index is 1.93. The average Bonchev–Trinajstić information content (AvgIpc) is 2.36. The molecule has 1 aromatic carbocycles. The number of nitrogens with one attached hydrogen (secondary N) is 2. The summed E-state index contributed by atoms with van der Waals surface area (Å²) < 4.78 is 0. The lowest BCUT2D eigenvalue weighted by molar-refractivity contribution is -0.920. The number of carbonyl (C=O) groups excluding carboxylic acids is 1. The maximum absolute atomic E-state index is 12.1. The summed E-state index contributed by atoms with van der Waals surface area (Å²) in [5.74, 6) is 0.0918. The van der Waals surface area contributed by atoms with E-state index in [-0.39, 0.29) is 5.91 Å². The molecule has 3 nitrogen and oxygen atoms in total. The van der Waals surface area contributed by atoms with E-state index in [1.165, 1.54) is 24.2 Å². The third kappa shape index (κ3) is 3.95. The molecule has 0 aliphatic carbocycles. The molecule has 1 aliphatic heterocycles. The number of piperidine rings is 1. The Hall–Kier alpha value is -1.06. The van der Waals surface area contributed by atoms with Crippen molar-refractivity contribution in [3.05, 3.63) is 28.8 Å². The first kappa shape index (κ1) is 14.4. The summed E-state index contributed by atoms with van der Waals surface area (Å²) >= 11 is 5.91. The Morgan fingerprint density at radius 2 is 2.26 bits per heavy atom. The van der Waals surface area contributed by atoms with E-state index in [0.29, 0.717) is 17.6 Å². The van der Waals surface area contributed by atoms with Crippen LogP contribution in [-0.2, 0) is 4.79 Å². The highest BCUT2D eigenvalue weighted by Crippen LogP contribution is 2.19. The van der Waals surface area contributed by atoms with Gasteiger partial charge in [0.15, 0.2) is 6.54 Å². The highest BCUT2D eigenvalue weighted by molar-refractivity contribution is 6.30. The summed E-state index contributed by atoms with van der Waals surface area (Å²) in [7, 11) is 0. The molecule has 2 rings (SSSR count). The van der Waals surface area contributed by atoms with Gasteiger partial charge in [-0.2, -0.15) is 0 Å². The van der Waals surface area contributed by atoms with Crippen LogP contribution in [0.15, 0.2) is 18.2 Å². The van der Waals surface area contributed by atoms with Crippen LogP contribution < -0.4 is 10.2 Å². The molecule has 1 amide bonds. The number of hydrogen-bond acceptors (Lipinski definition) is 1. The molecule has 2 atom stereocenters. The molecule has 1 unspecified atom stereocenters. The Kier molecular flexibility index (Phi) is 4.83. The van der Waals surface area contributed by atoms with E-state index >= 15 is 0 Å². The molecule has 2 N–H and O–H groups in total. The number of rotatable bonds is 3. The van der Waals surface area contributed by atoms with E-state index in [1.807, 2.05) is 19.1 Å². The number of anilines is 1. The van der Waals surface area contributed by atoms with Crippen molar-refractivity contribution < 1.29 is 9.69 Å². The van der Waals surface area contributed by atoms with Crippen LogP contribution in [0.2, 0.25) is 5.02 Å². The molecule has 0 aromatic heterocycles. The normalized spacial score (nSPS) is 23.1. The molecule has 0 saturated carbocycles. The Morgan fingerprint density at radius 3 is 2.95 bits per heavy atom. The van der Waals surface area contributed by atoms with E-state index < -0.39 is 0 Å². The predicted molar refractivity (Wildman–Crippen MR) is 78.8 cm³/mol. The summed E-state index contributed by atoms with van der Waals surface area (Å²) in [6, 6.07) is 6.13. The molecule has 1 fully saturated rings. The molecule has 0 bridgehead atoms. The first-order valence-electron chi connectivity index (χ1n) is 6.97. The highest BCUT2D eigenvalue weighted by Gasteiger charge is 2.24. The monoisotopic (exact) mass is 281 g/mol. The van der Waals surface area contributed by atoms with Crippen molar-refractivity contribution in [2.45, 2.75) is 39.2 Å². The first-order valence-corrected chi connectivity index (χ1v) is 7.34. The van der Waals surface area contributed by atoms with Gasteiger partial charge in [0.05, 0.1) is 12.6 Å². The number of carbonyl (C=O) groups is 1. The smallest absolute Gasteiger partial charge is 0.279 e. The zero-order valence-electron chi connectivity index (χ0n) is 11.6. The van der Waals surface area contributed by atoms with Crippen LogP contribution >= 0.6 is 11.6 Å². The minimum Gasteiger partial charge on any atom is -0.325 e. The summed E-state index contributed by atoms with van der Waals surface area (Å²) in [4.78, 5) is 13.5. The lowest BCUT2D eigenvalue weighted by Crippen LogP contribution is -3.17. The molecule has 19 heavy (non-hydrogen) atoms. The quantitative estimate of drug-likeness (QED) is 0.873. The van der Waals surface area contributed by atoms with Gasteiger partial charge in [-0.05, 0) is 56.9 Å². The third-order valence-electron chi connectivity index (χ3n) is 3.93. The van der Waals surface area contributed by atoms with Gasteiger partial charge in [0.2, 0.25) is 0 Å². The Bertz CT molecular complexity index is 461. The molecule has 0 spiro atoms. The van der Waals surface area contributed by atoms with Gasteiger partial charge in [0, 0.05) is 10.7 Å². The second-order valence-electron chi connectivity index (χ2n) is 5.49. The van der Waals surface area contributed by atoms with Gasteiger partial charge in [-0.15, -0.1) is 0 Å². The minimum absolute atomic E-state index is 0.0918. The average molecular weight is 282 g/mol. The van der Waals surface area contributed by atoms with Gasteiger partial charge in [-0.1, -0.05) is 11.6 Å². The lowest BCUT2D eigenvalue weighted by Gasteiger charge is -2.29. The Labute approximate surface area is 119 Å². The van der Waals surface area contributed by atoms with Crippen molar-refractivity contribution >= 4 is 23.2 Å². The van der Waals surface area contributed by atoms with Crippen LogP contribution in [-0.4, -0.2) is 25.0 Å². The standard InChI is InChI=1S/C15H21ClN2O/c1-11-9-13(16)6-7-14(11)17-15(19)10-18-8-4-3-5-12(18)2/h6-7,9,12H,3-5,8,10H2,1-2H3,(H,17,19)/p+1/t12-/m0/s1. The van der Waals surface area contributed by atoms with Crippen molar-refractivity contribution in [2.24, 2.45) is 0 Å². The number of halogens is 1. The van der Waals surface area contributed by atoms with E-state index in [4.69, 9.17) is 11.6 Å². The Morgan fingerprint density at radius 1 is 1.47 bits per heavy atom. The highest BCUT2D eigenvalue weighted by atomic mass is 35.5. The number of hydrogen-bond donors (Lipinski definition) is 2. The zero-order chi connectivity index (χ0) is 13.8. The molecule has 4 heteroatoms. The number of benzene rings is 1. The third-order valence-corrected chi connectivity index (χ3v) is 4.17. The fourth-order valence-electron chi connectivity index (χ4n) is 2.68. The number of aryl methyl sites for hydroxylation is 1. The summed E-state index contributed by atoms with van der Waals surface area (Å²) in [5.41, 5.74) is 1.86. The molecule has 1 saturated heterocycles. The SMILES string of the molecule is Cc1cc(Cl)ccc1NC(=O)C[NH+]1CCCC[C@@H]1C. The van der Waals surface area contributed by atoms with Crippen LogP contribution in [0.5, 0.6) is 0 Å². The summed E-state index contributed by atoms with van der Waals surface area (Å²) in [6.07, 6.45) is 3.75. The molecule has 1 aromatic rings. The van der Waals surface area contributed by atoms with Crippen LogP contribution in [0.3, 0.4) is 0 Å². The van der Waals surface area contributed by atoms with Crippen LogP contribution in [0, 0.1) is 6.92 Å². The minimum atomic E-state index is 0.0918. The van der Waals surface area contributed by atoms with Crippen molar-refractivity contribution in [3.8, 4) is 0 Å². The fraction of sp³-hybridized carbons (Fsp3) is 0.533. The van der Waals surface area contributed by atoms with E-state index in [9.17, 15) is 4.79 Å². The van der Waals surface area contributed by atoms with Crippen LogP contribution in [0.4, 0.5) is 5.69 Å². The summed E-state index contributed by atoms with van der Waals surface area (Å²) in [5, 5.41) is 3.69. The van der Waals surface area contributed by atoms with Gasteiger partial charge < -0.3 is 10.2 Å². The zero-order valence-corrected chi connectivity index (χ0v) is 12.4. The van der Waals surface area contributed by atoms with Gasteiger partial charge in [0.25, 0.3) is 5.91 Å². The van der Waals surface area contributed by atoms with Crippen molar-refractivity contribution in [1.82, 2.24) is 0 Å². The van der Waals surface area contributed by atoms with Crippen LogP contribution in [0.25, 0.3) is 0 Å². The van der Waals surface area contributed by atoms with Gasteiger partial charge in [-0.3, -0.25) is 4.79 Å². The maximum Gasteiger partial charge on any atom is 0.279 e. The fourth-order valence-corrected chi connectivity index (χ4v) is 2.91. The van der Waals surface area contributed by atoms with E-state index in [2.05, 4.69) is 12.2 Å². The van der Waals surface area contributed by atoms with Gasteiger partial charge >= 0.3 is 0 Å². The molecule has 1 heterocycles.